The van der Waals surface area contributed by atoms with Gasteiger partial charge in [-0.25, -0.2) is 0 Å². The van der Waals surface area contributed by atoms with Crippen LogP contribution in [0, 0.1) is 11.3 Å². The van der Waals surface area contributed by atoms with E-state index in [4.69, 9.17) is 4.74 Å². The zero-order chi connectivity index (χ0) is 15.8. The quantitative estimate of drug-likeness (QED) is 0.424. The van der Waals surface area contributed by atoms with Crippen LogP contribution in [-0.4, -0.2) is 54.1 Å². The van der Waals surface area contributed by atoms with E-state index >= 15 is 0 Å². The van der Waals surface area contributed by atoms with Gasteiger partial charge in [-0.15, -0.1) is 13.2 Å². The van der Waals surface area contributed by atoms with Gasteiger partial charge in [0, 0.05) is 32.4 Å². The number of hydrogen-bond acceptors (Lipinski definition) is 4. The highest BCUT2D eigenvalue weighted by Crippen LogP contribution is 2.13. The van der Waals surface area contributed by atoms with Gasteiger partial charge in [-0.3, -0.25) is 4.79 Å². The van der Waals surface area contributed by atoms with Crippen LogP contribution in [0.3, 0.4) is 0 Å². The van der Waals surface area contributed by atoms with Gasteiger partial charge < -0.3 is 14.5 Å². The molecule has 5 nitrogen and oxygen atoms in total. The summed E-state index contributed by atoms with van der Waals surface area (Å²) in [5.41, 5.74) is 0.125. The van der Waals surface area contributed by atoms with E-state index in [-0.39, 0.29) is 23.7 Å². The summed E-state index contributed by atoms with van der Waals surface area (Å²) >= 11 is 0. The third-order valence-electron chi connectivity index (χ3n) is 3.10. The molecule has 0 aromatic carbocycles. The normalized spacial score (nSPS) is 22.3. The van der Waals surface area contributed by atoms with Crippen LogP contribution >= 0.6 is 0 Å². The van der Waals surface area contributed by atoms with Crippen molar-refractivity contribution in [3.05, 3.63) is 37.1 Å². The monoisotopic (exact) mass is 289 g/mol. The largest absolute Gasteiger partial charge is 0.372 e. The predicted molar refractivity (Wildman–Crippen MR) is 82.3 cm³/mol. The Kier molecular flexibility index (Phi) is 6.70. The predicted octanol–water partition coefficient (Wildman–Crippen LogP) is 1.70. The molecule has 21 heavy (non-hydrogen) atoms. The molecule has 5 heteroatoms. The fourth-order valence-corrected chi connectivity index (χ4v) is 2.36. The molecule has 1 rings (SSSR count). The minimum Gasteiger partial charge on any atom is -0.372 e. The lowest BCUT2D eigenvalue weighted by Gasteiger charge is -2.34. The maximum absolute atomic E-state index is 12.4. The molecule has 0 aliphatic carbocycles. The second-order valence-corrected chi connectivity index (χ2v) is 5.15. The molecule has 0 aromatic rings. The first-order valence-electron chi connectivity index (χ1n) is 7.04. The number of carbonyl (C=O) groups is 1. The van der Waals surface area contributed by atoms with Gasteiger partial charge in [0.25, 0.3) is 5.91 Å². The van der Waals surface area contributed by atoms with Gasteiger partial charge in [0.1, 0.15) is 11.6 Å². The van der Waals surface area contributed by atoms with E-state index in [1.807, 2.05) is 24.8 Å². The Hall–Kier alpha value is -2.06. The molecule has 1 amide bonds. The molecule has 0 N–H and O–H groups in total. The second-order valence-electron chi connectivity index (χ2n) is 5.15. The maximum Gasteiger partial charge on any atom is 0.266 e. The van der Waals surface area contributed by atoms with Crippen LogP contribution in [0.5, 0.6) is 0 Å². The average Bonchev–Trinajstić information content (AvgIpc) is 2.42. The van der Waals surface area contributed by atoms with Gasteiger partial charge >= 0.3 is 0 Å². The van der Waals surface area contributed by atoms with Crippen molar-refractivity contribution in [3.8, 4) is 6.07 Å². The number of rotatable bonds is 6. The van der Waals surface area contributed by atoms with E-state index in [1.165, 1.54) is 4.90 Å². The van der Waals surface area contributed by atoms with Gasteiger partial charge in [-0.1, -0.05) is 12.2 Å². The van der Waals surface area contributed by atoms with E-state index in [0.717, 1.165) is 0 Å². The first kappa shape index (κ1) is 17.0. The summed E-state index contributed by atoms with van der Waals surface area (Å²) in [6.07, 6.45) is 5.07. The fraction of sp³-hybridized carbons (Fsp3) is 0.500. The Morgan fingerprint density at radius 2 is 1.86 bits per heavy atom. The van der Waals surface area contributed by atoms with Crippen molar-refractivity contribution < 1.29 is 9.53 Å². The lowest BCUT2D eigenvalue weighted by atomic mass is 10.2. The van der Waals surface area contributed by atoms with Crippen molar-refractivity contribution in [1.82, 2.24) is 9.80 Å². The summed E-state index contributed by atoms with van der Waals surface area (Å²) in [6.45, 7) is 13.3. The molecule has 114 valence electrons. The number of morpholine rings is 1. The van der Waals surface area contributed by atoms with Gasteiger partial charge in [-0.2, -0.15) is 5.26 Å². The Labute approximate surface area is 126 Å². The maximum atomic E-state index is 12.4. The van der Waals surface area contributed by atoms with Crippen molar-refractivity contribution in [3.63, 3.8) is 0 Å². The molecule has 0 aromatic heterocycles. The first-order valence-corrected chi connectivity index (χ1v) is 7.04. The average molecular weight is 289 g/mol. The second kappa shape index (κ2) is 8.28. The smallest absolute Gasteiger partial charge is 0.266 e. The van der Waals surface area contributed by atoms with Crippen molar-refractivity contribution in [1.29, 1.82) is 5.26 Å². The van der Waals surface area contributed by atoms with Crippen LogP contribution in [0.4, 0.5) is 0 Å². The zero-order valence-electron chi connectivity index (χ0n) is 12.8. The molecule has 1 fully saturated rings. The van der Waals surface area contributed by atoms with Crippen LogP contribution in [0.15, 0.2) is 37.1 Å². The van der Waals surface area contributed by atoms with Crippen LogP contribution in [0.1, 0.15) is 13.8 Å². The first-order chi connectivity index (χ1) is 10.0. The summed E-state index contributed by atoms with van der Waals surface area (Å²) in [5, 5.41) is 9.27. The number of ether oxygens (including phenoxy) is 1. The highest BCUT2D eigenvalue weighted by atomic mass is 16.5. The van der Waals surface area contributed by atoms with Crippen molar-refractivity contribution >= 4 is 5.91 Å². The van der Waals surface area contributed by atoms with Crippen LogP contribution in [0.2, 0.25) is 0 Å². The number of amides is 1. The Bertz CT molecular complexity index is 445. The lowest BCUT2D eigenvalue weighted by Crippen LogP contribution is -2.43. The van der Waals surface area contributed by atoms with Gasteiger partial charge in [0.05, 0.1) is 12.2 Å². The molecule has 0 spiro atoms. The van der Waals surface area contributed by atoms with Crippen molar-refractivity contribution in [2.75, 3.05) is 26.2 Å². The zero-order valence-corrected chi connectivity index (χ0v) is 12.8. The van der Waals surface area contributed by atoms with E-state index in [9.17, 15) is 10.1 Å². The topological polar surface area (TPSA) is 56.6 Å². The summed E-state index contributed by atoms with van der Waals surface area (Å²) in [7, 11) is 0. The molecule has 1 aliphatic heterocycles. The standard InChI is InChI=1S/C16H23N3O2/c1-5-7-19(8-6-2)16(20)15(9-17)12-18-10-13(3)21-14(4)11-18/h5-6,12-14H,1-2,7-8,10-11H2,3-4H3/b15-12-. The summed E-state index contributed by atoms with van der Waals surface area (Å²) in [5.74, 6) is -0.302. The van der Waals surface area contributed by atoms with Crippen molar-refractivity contribution in [2.24, 2.45) is 0 Å². The van der Waals surface area contributed by atoms with Crippen LogP contribution in [0.25, 0.3) is 0 Å². The number of nitriles is 1. The molecule has 2 unspecified atom stereocenters. The molecule has 1 heterocycles. The summed E-state index contributed by atoms with van der Waals surface area (Å²) < 4.78 is 5.64. The molecular formula is C16H23N3O2. The minimum absolute atomic E-state index is 0.0810. The number of nitrogens with zero attached hydrogens (tertiary/aromatic N) is 3. The molecule has 2 atom stereocenters. The summed E-state index contributed by atoms with van der Waals surface area (Å²) in [4.78, 5) is 15.9. The Morgan fingerprint density at radius 3 is 2.29 bits per heavy atom. The Morgan fingerprint density at radius 1 is 1.33 bits per heavy atom. The molecule has 0 saturated carbocycles. The molecule has 0 bridgehead atoms. The van der Waals surface area contributed by atoms with Crippen LogP contribution in [-0.2, 0) is 9.53 Å². The van der Waals surface area contributed by atoms with Gasteiger partial charge in [0.15, 0.2) is 0 Å². The molecular weight excluding hydrogens is 266 g/mol. The van der Waals surface area contributed by atoms with Gasteiger partial charge in [-0.05, 0) is 13.8 Å². The molecule has 0 radical (unpaired) electrons. The highest BCUT2D eigenvalue weighted by Gasteiger charge is 2.23. The third-order valence-corrected chi connectivity index (χ3v) is 3.10. The minimum atomic E-state index is -0.302. The fourth-order valence-electron chi connectivity index (χ4n) is 2.36. The van der Waals surface area contributed by atoms with E-state index in [1.54, 1.807) is 18.4 Å². The van der Waals surface area contributed by atoms with Gasteiger partial charge in [0.2, 0.25) is 0 Å². The van der Waals surface area contributed by atoms with E-state index in [0.29, 0.717) is 26.2 Å². The molecule has 1 aliphatic rings. The third kappa shape index (κ3) is 5.09. The number of carbonyl (C=O) groups excluding carboxylic acids is 1. The van der Waals surface area contributed by atoms with Crippen LogP contribution < -0.4 is 0 Å². The Balaban J connectivity index is 2.87. The highest BCUT2D eigenvalue weighted by molar-refractivity contribution is 5.97. The van der Waals surface area contributed by atoms with E-state index in [2.05, 4.69) is 13.2 Å². The lowest BCUT2D eigenvalue weighted by molar-refractivity contribution is -0.125. The van der Waals surface area contributed by atoms with Crippen molar-refractivity contribution in [2.45, 2.75) is 26.1 Å². The SMILES string of the molecule is C=CCN(CC=C)C(=O)/C(C#N)=C\N1CC(C)OC(C)C1. The summed E-state index contributed by atoms with van der Waals surface area (Å²) in [6, 6.07) is 1.99. The molecule has 1 saturated heterocycles. The van der Waals surface area contributed by atoms with E-state index < -0.39 is 0 Å². The number of hydrogen-bond donors (Lipinski definition) is 0.